The quantitative estimate of drug-likeness (QED) is 0.306. The lowest BCUT2D eigenvalue weighted by atomic mass is 10.0. The first-order valence-corrected chi connectivity index (χ1v) is 13.8. The minimum absolute atomic E-state index is 0.244. The Bertz CT molecular complexity index is 1510. The maximum Gasteiger partial charge on any atom is 0.417 e. The highest BCUT2D eigenvalue weighted by Gasteiger charge is 2.36. The average molecular weight is 567 g/mol. The maximum absolute atomic E-state index is 13.9. The number of aryl methyl sites for hydroxylation is 1. The summed E-state index contributed by atoms with van der Waals surface area (Å²) < 4.78 is 43.6. The summed E-state index contributed by atoms with van der Waals surface area (Å²) >= 11 is 1.22. The van der Waals surface area contributed by atoms with Gasteiger partial charge >= 0.3 is 6.18 Å². The molecular weight excluding hydrogens is 537 g/mol. The number of rotatable bonds is 6. The van der Waals surface area contributed by atoms with E-state index in [1.807, 2.05) is 57.3 Å². The number of carbonyl (C=O) groups excluding carboxylic acids is 1. The molecule has 2 aromatic heterocycles. The van der Waals surface area contributed by atoms with Crippen molar-refractivity contribution in [1.29, 1.82) is 0 Å². The predicted molar refractivity (Wildman–Crippen MR) is 148 cm³/mol. The van der Waals surface area contributed by atoms with Gasteiger partial charge in [0.2, 0.25) is 0 Å². The van der Waals surface area contributed by atoms with Crippen LogP contribution in [-0.2, 0) is 13.2 Å². The first-order valence-electron chi connectivity index (χ1n) is 12.9. The van der Waals surface area contributed by atoms with Crippen molar-refractivity contribution in [2.75, 3.05) is 18.0 Å². The van der Waals surface area contributed by atoms with Gasteiger partial charge in [0.25, 0.3) is 5.91 Å². The molecule has 0 atom stereocenters. The van der Waals surface area contributed by atoms with E-state index in [-0.39, 0.29) is 11.6 Å². The van der Waals surface area contributed by atoms with Gasteiger partial charge in [-0.2, -0.15) is 18.3 Å². The predicted octanol–water partition coefficient (Wildman–Crippen LogP) is 6.06. The van der Waals surface area contributed by atoms with E-state index in [1.54, 1.807) is 16.9 Å². The number of nitrogens with zero attached hydrogens (tertiary/aromatic N) is 5. The number of hydrogen-bond donors (Lipinski definition) is 1. The van der Waals surface area contributed by atoms with E-state index in [0.29, 0.717) is 30.8 Å². The van der Waals surface area contributed by atoms with Crippen molar-refractivity contribution in [3.63, 3.8) is 0 Å². The third-order valence-corrected chi connectivity index (χ3v) is 8.21. The lowest BCUT2D eigenvalue weighted by Gasteiger charge is -2.34. The van der Waals surface area contributed by atoms with Crippen molar-refractivity contribution >= 4 is 23.5 Å². The highest BCUT2D eigenvalue weighted by Crippen LogP contribution is 2.37. The van der Waals surface area contributed by atoms with E-state index < -0.39 is 17.6 Å². The normalized spacial score (nSPS) is 14.4. The zero-order valence-electron chi connectivity index (χ0n) is 22.4. The van der Waals surface area contributed by atoms with Crippen LogP contribution in [0.1, 0.15) is 39.9 Å². The standard InChI is InChI=1S/C29H29F3N6OS/c1-18-19(2)27(36-35-26(18)25-11-14-33-37(25)3)38-15-12-20(13-16-38)34-28(39)23-10-9-22(17-24(23)29(30,31)32)40-21-7-5-4-6-8-21/h4-11,14,17,20H,12-13,15-16H2,1-3H3,(H,34,39). The Labute approximate surface area is 234 Å². The number of piperidine rings is 1. The van der Waals surface area contributed by atoms with Gasteiger partial charge < -0.3 is 10.2 Å². The molecule has 7 nitrogen and oxygen atoms in total. The van der Waals surface area contributed by atoms with Gasteiger partial charge in [0.1, 0.15) is 5.69 Å². The molecule has 0 radical (unpaired) electrons. The van der Waals surface area contributed by atoms with E-state index in [2.05, 4.69) is 25.5 Å². The topological polar surface area (TPSA) is 75.9 Å². The van der Waals surface area contributed by atoms with Crippen molar-refractivity contribution in [1.82, 2.24) is 25.3 Å². The summed E-state index contributed by atoms with van der Waals surface area (Å²) in [4.78, 5) is 16.4. The van der Waals surface area contributed by atoms with Gasteiger partial charge in [-0.05, 0) is 74.2 Å². The number of carbonyl (C=O) groups is 1. The SMILES string of the molecule is Cc1c(-c2ccnn2C)nnc(N2CCC(NC(=O)c3ccc(Sc4ccccc4)cc3C(F)(F)F)CC2)c1C. The van der Waals surface area contributed by atoms with E-state index in [0.717, 1.165) is 39.3 Å². The van der Waals surface area contributed by atoms with Crippen LogP contribution in [0.4, 0.5) is 19.0 Å². The van der Waals surface area contributed by atoms with Crippen LogP contribution in [0.3, 0.4) is 0 Å². The van der Waals surface area contributed by atoms with Gasteiger partial charge in [-0.25, -0.2) is 0 Å². The molecule has 1 saturated heterocycles. The summed E-state index contributed by atoms with van der Waals surface area (Å²) in [5, 5.41) is 16.0. The first-order chi connectivity index (χ1) is 19.1. The Morgan fingerprint density at radius 2 is 1.70 bits per heavy atom. The fourth-order valence-corrected chi connectivity index (χ4v) is 5.76. The highest BCUT2D eigenvalue weighted by atomic mass is 32.2. The average Bonchev–Trinajstić information content (AvgIpc) is 3.36. The van der Waals surface area contributed by atoms with E-state index in [1.165, 1.54) is 17.8 Å². The van der Waals surface area contributed by atoms with E-state index in [4.69, 9.17) is 0 Å². The molecule has 1 aliphatic heterocycles. The first kappa shape index (κ1) is 27.7. The molecule has 0 aliphatic carbocycles. The Morgan fingerprint density at radius 3 is 2.35 bits per heavy atom. The van der Waals surface area contributed by atoms with Crippen molar-refractivity contribution in [2.24, 2.45) is 7.05 Å². The Morgan fingerprint density at radius 1 is 0.975 bits per heavy atom. The highest BCUT2D eigenvalue weighted by molar-refractivity contribution is 7.99. The molecule has 208 valence electrons. The zero-order chi connectivity index (χ0) is 28.4. The second-order valence-electron chi connectivity index (χ2n) is 9.82. The van der Waals surface area contributed by atoms with Gasteiger partial charge in [-0.1, -0.05) is 30.0 Å². The summed E-state index contributed by atoms with van der Waals surface area (Å²) in [7, 11) is 1.86. The minimum Gasteiger partial charge on any atom is -0.355 e. The second kappa shape index (κ2) is 11.3. The van der Waals surface area contributed by atoms with Crippen molar-refractivity contribution < 1.29 is 18.0 Å². The summed E-state index contributed by atoms with van der Waals surface area (Å²) in [6.07, 6.45) is -1.77. The molecule has 0 saturated carbocycles. The number of alkyl halides is 3. The van der Waals surface area contributed by atoms with Crippen LogP contribution in [0, 0.1) is 13.8 Å². The number of anilines is 1. The molecule has 1 N–H and O–H groups in total. The Hall–Kier alpha value is -3.86. The van der Waals surface area contributed by atoms with Gasteiger partial charge in [-0.3, -0.25) is 9.48 Å². The largest absolute Gasteiger partial charge is 0.417 e. The molecule has 2 aromatic carbocycles. The second-order valence-corrected chi connectivity index (χ2v) is 11.0. The van der Waals surface area contributed by atoms with Crippen LogP contribution in [-0.4, -0.2) is 45.0 Å². The molecule has 1 amide bonds. The molecule has 0 spiro atoms. The number of halogens is 3. The van der Waals surface area contributed by atoms with Gasteiger partial charge in [-0.15, -0.1) is 10.2 Å². The Kier molecular flexibility index (Phi) is 7.84. The van der Waals surface area contributed by atoms with Crippen LogP contribution in [0.5, 0.6) is 0 Å². The van der Waals surface area contributed by atoms with Gasteiger partial charge in [0.15, 0.2) is 5.82 Å². The summed E-state index contributed by atoms with van der Waals surface area (Å²) in [5.74, 6) is 0.0634. The number of hydrogen-bond acceptors (Lipinski definition) is 6. The van der Waals surface area contributed by atoms with Gasteiger partial charge in [0, 0.05) is 42.2 Å². The molecular formula is C29H29F3N6OS. The molecule has 0 unspecified atom stereocenters. The maximum atomic E-state index is 13.9. The Balaban J connectivity index is 1.26. The molecule has 3 heterocycles. The molecule has 0 bridgehead atoms. The summed E-state index contributed by atoms with van der Waals surface area (Å²) in [5.41, 5.74) is 2.38. The van der Waals surface area contributed by atoms with Crippen molar-refractivity contribution in [2.45, 2.75) is 48.7 Å². The minimum atomic E-state index is -4.65. The van der Waals surface area contributed by atoms with Crippen LogP contribution < -0.4 is 10.2 Å². The lowest BCUT2D eigenvalue weighted by Crippen LogP contribution is -2.45. The number of aromatic nitrogens is 4. The zero-order valence-corrected chi connectivity index (χ0v) is 23.2. The fraction of sp³-hybridized carbons (Fsp3) is 0.310. The summed E-state index contributed by atoms with van der Waals surface area (Å²) in [6.45, 7) is 5.21. The van der Waals surface area contributed by atoms with Crippen LogP contribution in [0.25, 0.3) is 11.4 Å². The van der Waals surface area contributed by atoms with Crippen molar-refractivity contribution in [3.8, 4) is 11.4 Å². The van der Waals surface area contributed by atoms with Crippen molar-refractivity contribution in [3.05, 3.63) is 83.0 Å². The molecule has 1 fully saturated rings. The number of benzene rings is 2. The van der Waals surface area contributed by atoms with Gasteiger partial charge in [0.05, 0.1) is 16.8 Å². The summed E-state index contributed by atoms with van der Waals surface area (Å²) in [6, 6.07) is 14.7. The third-order valence-electron chi connectivity index (χ3n) is 7.21. The third kappa shape index (κ3) is 5.84. The van der Waals surface area contributed by atoms with E-state index >= 15 is 0 Å². The molecule has 40 heavy (non-hydrogen) atoms. The smallest absolute Gasteiger partial charge is 0.355 e. The van der Waals surface area contributed by atoms with Crippen LogP contribution in [0.15, 0.2) is 70.6 Å². The molecule has 1 aliphatic rings. The molecule has 5 rings (SSSR count). The lowest BCUT2D eigenvalue weighted by molar-refractivity contribution is -0.138. The van der Waals surface area contributed by atoms with E-state index in [9.17, 15) is 18.0 Å². The monoisotopic (exact) mass is 566 g/mol. The number of nitrogens with one attached hydrogen (secondary N) is 1. The fourth-order valence-electron chi connectivity index (χ4n) is 4.89. The van der Waals surface area contributed by atoms with Crippen LogP contribution >= 0.6 is 11.8 Å². The molecule has 4 aromatic rings. The number of amides is 1. The molecule has 11 heteroatoms. The van der Waals surface area contributed by atoms with Crippen LogP contribution in [0.2, 0.25) is 0 Å².